The quantitative estimate of drug-likeness (QED) is 0.882. The smallest absolute Gasteiger partial charge is 0.250 e. The Balaban J connectivity index is 2.29. The molecule has 0 heterocycles. The standard InChI is InChI=1S/C15H15BrN2O2/c1-18-14-12(15(17)19)7-11(16)8-13(14)20-9-10-5-3-2-4-6-10/h2-8,18H,9H2,1H3,(H2,17,19). The Morgan fingerprint density at radius 1 is 1.30 bits per heavy atom. The molecule has 0 unspecified atom stereocenters. The van der Waals surface area contributed by atoms with Gasteiger partial charge in [-0.1, -0.05) is 46.3 Å². The summed E-state index contributed by atoms with van der Waals surface area (Å²) in [6.07, 6.45) is 0. The van der Waals surface area contributed by atoms with E-state index in [1.165, 1.54) is 0 Å². The zero-order valence-electron chi connectivity index (χ0n) is 11.0. The molecule has 0 saturated heterocycles. The summed E-state index contributed by atoms with van der Waals surface area (Å²) in [5, 5.41) is 2.96. The maximum atomic E-state index is 11.5. The van der Waals surface area contributed by atoms with Crippen LogP contribution in [0.1, 0.15) is 15.9 Å². The predicted octanol–water partition coefficient (Wildman–Crippen LogP) is 3.17. The molecule has 2 aromatic carbocycles. The number of benzene rings is 2. The van der Waals surface area contributed by atoms with Gasteiger partial charge in [-0.15, -0.1) is 0 Å². The summed E-state index contributed by atoms with van der Waals surface area (Å²) >= 11 is 3.36. The first kappa shape index (κ1) is 14.4. The molecule has 0 fully saturated rings. The zero-order chi connectivity index (χ0) is 14.5. The number of carbonyl (C=O) groups excluding carboxylic acids is 1. The molecule has 4 nitrogen and oxygen atoms in total. The Bertz CT molecular complexity index is 615. The van der Waals surface area contributed by atoms with E-state index in [9.17, 15) is 4.79 Å². The first-order chi connectivity index (χ1) is 9.61. The van der Waals surface area contributed by atoms with Crippen molar-refractivity contribution >= 4 is 27.5 Å². The van der Waals surface area contributed by atoms with Crippen LogP contribution in [0, 0.1) is 0 Å². The highest BCUT2D eigenvalue weighted by Crippen LogP contribution is 2.32. The highest BCUT2D eigenvalue weighted by molar-refractivity contribution is 9.10. The third-order valence-electron chi connectivity index (χ3n) is 2.82. The Morgan fingerprint density at radius 3 is 2.60 bits per heavy atom. The fraction of sp³-hybridized carbons (Fsp3) is 0.133. The van der Waals surface area contributed by atoms with E-state index in [0.29, 0.717) is 23.6 Å². The number of hydrogen-bond acceptors (Lipinski definition) is 3. The van der Waals surface area contributed by atoms with Crippen molar-refractivity contribution in [2.75, 3.05) is 12.4 Å². The second-order valence-electron chi connectivity index (χ2n) is 4.22. The maximum absolute atomic E-state index is 11.5. The first-order valence-corrected chi connectivity index (χ1v) is 6.89. The average Bonchev–Trinajstić information content (AvgIpc) is 2.45. The molecule has 0 radical (unpaired) electrons. The van der Waals surface area contributed by atoms with Crippen molar-refractivity contribution < 1.29 is 9.53 Å². The normalized spacial score (nSPS) is 10.1. The van der Waals surface area contributed by atoms with Crippen molar-refractivity contribution in [3.05, 3.63) is 58.1 Å². The number of rotatable bonds is 5. The fourth-order valence-corrected chi connectivity index (χ4v) is 2.32. The number of carbonyl (C=O) groups is 1. The molecular weight excluding hydrogens is 320 g/mol. The van der Waals surface area contributed by atoms with E-state index >= 15 is 0 Å². The Labute approximate surface area is 126 Å². The maximum Gasteiger partial charge on any atom is 0.250 e. The van der Waals surface area contributed by atoms with Gasteiger partial charge >= 0.3 is 0 Å². The number of nitrogens with two attached hydrogens (primary N) is 1. The van der Waals surface area contributed by atoms with Crippen LogP contribution in [0.25, 0.3) is 0 Å². The van der Waals surface area contributed by atoms with Crippen LogP contribution in [0.2, 0.25) is 0 Å². The average molecular weight is 335 g/mol. The molecule has 0 aromatic heterocycles. The summed E-state index contributed by atoms with van der Waals surface area (Å²) in [5.74, 6) is 0.0831. The molecule has 20 heavy (non-hydrogen) atoms. The molecule has 5 heteroatoms. The lowest BCUT2D eigenvalue weighted by atomic mass is 10.1. The lowest BCUT2D eigenvalue weighted by molar-refractivity contribution is 0.100. The third kappa shape index (κ3) is 3.30. The van der Waals surface area contributed by atoms with E-state index in [-0.39, 0.29) is 0 Å². The number of anilines is 1. The molecule has 0 aliphatic rings. The minimum Gasteiger partial charge on any atom is -0.487 e. The van der Waals surface area contributed by atoms with Crippen molar-refractivity contribution in [3.8, 4) is 5.75 Å². The molecule has 2 rings (SSSR count). The number of amides is 1. The molecule has 2 aromatic rings. The first-order valence-electron chi connectivity index (χ1n) is 6.09. The largest absolute Gasteiger partial charge is 0.487 e. The number of nitrogens with one attached hydrogen (secondary N) is 1. The van der Waals surface area contributed by atoms with Crippen LogP contribution in [-0.4, -0.2) is 13.0 Å². The molecule has 0 saturated carbocycles. The van der Waals surface area contributed by atoms with Gasteiger partial charge in [-0.25, -0.2) is 0 Å². The number of primary amides is 1. The number of halogens is 1. The summed E-state index contributed by atoms with van der Waals surface area (Å²) in [5.41, 5.74) is 7.42. The second-order valence-corrected chi connectivity index (χ2v) is 5.13. The van der Waals surface area contributed by atoms with Crippen LogP contribution in [0.15, 0.2) is 46.9 Å². The summed E-state index contributed by atoms with van der Waals surface area (Å²) in [7, 11) is 1.73. The van der Waals surface area contributed by atoms with Gasteiger partial charge in [0.1, 0.15) is 12.4 Å². The van der Waals surface area contributed by atoms with Crippen LogP contribution >= 0.6 is 15.9 Å². The van der Waals surface area contributed by atoms with Gasteiger partial charge in [0.2, 0.25) is 0 Å². The molecule has 0 aliphatic carbocycles. The molecule has 0 bridgehead atoms. The highest BCUT2D eigenvalue weighted by Gasteiger charge is 2.14. The van der Waals surface area contributed by atoms with Crippen molar-refractivity contribution in [1.82, 2.24) is 0 Å². The van der Waals surface area contributed by atoms with Gasteiger partial charge in [-0.05, 0) is 17.7 Å². The van der Waals surface area contributed by atoms with Crippen molar-refractivity contribution in [2.24, 2.45) is 5.73 Å². The lowest BCUT2D eigenvalue weighted by Gasteiger charge is -2.14. The summed E-state index contributed by atoms with van der Waals surface area (Å²) in [6.45, 7) is 0.421. The van der Waals surface area contributed by atoms with Crippen LogP contribution in [0.3, 0.4) is 0 Å². The van der Waals surface area contributed by atoms with Crippen molar-refractivity contribution in [2.45, 2.75) is 6.61 Å². The van der Waals surface area contributed by atoms with Gasteiger partial charge < -0.3 is 15.8 Å². The molecule has 0 atom stereocenters. The molecule has 0 aliphatic heterocycles. The third-order valence-corrected chi connectivity index (χ3v) is 3.28. The van der Waals surface area contributed by atoms with E-state index in [2.05, 4.69) is 21.2 Å². The van der Waals surface area contributed by atoms with Crippen molar-refractivity contribution in [3.63, 3.8) is 0 Å². The van der Waals surface area contributed by atoms with Gasteiger partial charge in [0.15, 0.2) is 0 Å². The van der Waals surface area contributed by atoms with E-state index < -0.39 is 5.91 Å². The van der Waals surface area contributed by atoms with E-state index in [1.54, 1.807) is 19.2 Å². The van der Waals surface area contributed by atoms with Crippen LogP contribution < -0.4 is 15.8 Å². The molecule has 1 amide bonds. The zero-order valence-corrected chi connectivity index (χ0v) is 12.6. The van der Waals surface area contributed by atoms with Crippen LogP contribution in [0.5, 0.6) is 5.75 Å². The second kappa shape index (κ2) is 6.43. The minimum absolute atomic E-state index is 0.393. The Hall–Kier alpha value is -2.01. The number of hydrogen-bond donors (Lipinski definition) is 2. The molecule has 3 N–H and O–H groups in total. The SMILES string of the molecule is CNc1c(OCc2ccccc2)cc(Br)cc1C(N)=O. The highest BCUT2D eigenvalue weighted by atomic mass is 79.9. The van der Waals surface area contributed by atoms with E-state index in [4.69, 9.17) is 10.5 Å². The monoisotopic (exact) mass is 334 g/mol. The van der Waals surface area contributed by atoms with Gasteiger partial charge in [-0.3, -0.25) is 4.79 Å². The topological polar surface area (TPSA) is 64.3 Å². The molecule has 104 valence electrons. The number of ether oxygens (including phenoxy) is 1. The van der Waals surface area contributed by atoms with Gasteiger partial charge in [0, 0.05) is 11.5 Å². The molecule has 0 spiro atoms. The molecular formula is C15H15BrN2O2. The summed E-state index contributed by atoms with van der Waals surface area (Å²) < 4.78 is 6.53. The summed E-state index contributed by atoms with van der Waals surface area (Å²) in [6, 6.07) is 13.3. The van der Waals surface area contributed by atoms with Gasteiger partial charge in [0.05, 0.1) is 11.3 Å². The Kier molecular flexibility index (Phi) is 4.63. The minimum atomic E-state index is -0.500. The van der Waals surface area contributed by atoms with E-state index in [0.717, 1.165) is 10.0 Å². The summed E-state index contributed by atoms with van der Waals surface area (Å²) in [4.78, 5) is 11.5. The van der Waals surface area contributed by atoms with Gasteiger partial charge in [-0.2, -0.15) is 0 Å². The lowest BCUT2D eigenvalue weighted by Crippen LogP contribution is -2.14. The van der Waals surface area contributed by atoms with Crippen LogP contribution in [-0.2, 0) is 6.61 Å². The van der Waals surface area contributed by atoms with Crippen molar-refractivity contribution in [1.29, 1.82) is 0 Å². The van der Waals surface area contributed by atoms with Gasteiger partial charge in [0.25, 0.3) is 5.91 Å². The van der Waals surface area contributed by atoms with E-state index in [1.807, 2.05) is 30.3 Å². The fourth-order valence-electron chi connectivity index (χ4n) is 1.88. The Morgan fingerprint density at radius 2 is 2.00 bits per heavy atom. The van der Waals surface area contributed by atoms with Crippen LogP contribution in [0.4, 0.5) is 5.69 Å². The predicted molar refractivity (Wildman–Crippen MR) is 83.0 cm³/mol.